The normalized spacial score (nSPS) is 26.9. The predicted octanol–water partition coefficient (Wildman–Crippen LogP) is 0.929. The van der Waals surface area contributed by atoms with Crippen molar-refractivity contribution in [3.8, 4) is 0 Å². The number of aryl methyl sites for hydroxylation is 3. The van der Waals surface area contributed by atoms with Gasteiger partial charge in [0.15, 0.2) is 0 Å². The molecule has 3 aliphatic heterocycles. The second-order valence-electron chi connectivity index (χ2n) is 13.1. The summed E-state index contributed by atoms with van der Waals surface area (Å²) in [6, 6.07) is -0.835. The van der Waals surface area contributed by atoms with Crippen LogP contribution in [0.25, 0.3) is 20.9 Å². The average molecular weight is 773 g/mol. The van der Waals surface area contributed by atoms with Gasteiger partial charge in [0, 0.05) is 64.4 Å². The van der Waals surface area contributed by atoms with Crippen molar-refractivity contribution in [1.29, 1.82) is 0 Å². The average Bonchev–Trinajstić information content (AvgIpc) is 3.86. The van der Waals surface area contributed by atoms with Crippen molar-refractivity contribution in [2.45, 2.75) is 122 Å². The smallest absolute Gasteiger partial charge is 0.330 e. The lowest BCUT2D eigenvalue weighted by Crippen LogP contribution is -2.33. The van der Waals surface area contributed by atoms with Crippen LogP contribution in [0, 0.1) is 20.8 Å². The Morgan fingerprint density at radius 1 is 0.655 bits per heavy atom. The summed E-state index contributed by atoms with van der Waals surface area (Å²) >= 11 is 0. The van der Waals surface area contributed by atoms with Gasteiger partial charge in [0.2, 0.25) is 0 Å². The zero-order valence-corrected chi connectivity index (χ0v) is 30.8. The third-order valence-electron chi connectivity index (χ3n) is 9.37. The number of azide groups is 2. The van der Waals surface area contributed by atoms with Gasteiger partial charge in [0.25, 0.3) is 16.7 Å². The molecule has 6 heterocycles. The van der Waals surface area contributed by atoms with E-state index in [4.69, 9.17) is 30.4 Å². The molecular formula is C32H44N12O11. The topological polar surface area (TPSA) is 330 Å². The van der Waals surface area contributed by atoms with E-state index in [1.165, 1.54) is 32.3 Å². The van der Waals surface area contributed by atoms with E-state index in [9.17, 15) is 33.9 Å². The van der Waals surface area contributed by atoms with Gasteiger partial charge >= 0.3 is 17.1 Å². The van der Waals surface area contributed by atoms with Crippen LogP contribution in [0.4, 0.5) is 0 Å². The van der Waals surface area contributed by atoms with E-state index in [0.717, 1.165) is 0 Å². The van der Waals surface area contributed by atoms with Gasteiger partial charge in [-0.3, -0.25) is 43.0 Å². The summed E-state index contributed by atoms with van der Waals surface area (Å²) in [5.74, 6) is 0. The molecule has 23 heteroatoms. The summed E-state index contributed by atoms with van der Waals surface area (Å²) in [4.78, 5) is 81.0. The third-order valence-corrected chi connectivity index (χ3v) is 9.37. The fourth-order valence-corrected chi connectivity index (χ4v) is 6.33. The number of nitrogens with one attached hydrogen (secondary N) is 3. The van der Waals surface area contributed by atoms with Gasteiger partial charge in [0.1, 0.15) is 18.7 Å². The number of rotatable bonds is 8. The molecule has 0 spiro atoms. The van der Waals surface area contributed by atoms with Crippen LogP contribution >= 0.6 is 0 Å². The Morgan fingerprint density at radius 2 is 1.00 bits per heavy atom. The zero-order chi connectivity index (χ0) is 40.6. The van der Waals surface area contributed by atoms with E-state index in [2.05, 4.69) is 35.0 Å². The van der Waals surface area contributed by atoms with Gasteiger partial charge in [-0.2, -0.15) is 0 Å². The summed E-state index contributed by atoms with van der Waals surface area (Å²) in [5.41, 5.74) is 15.3. The first kappa shape index (κ1) is 42.2. The molecule has 7 unspecified atom stereocenters. The highest BCUT2D eigenvalue weighted by Gasteiger charge is 2.37. The molecule has 3 saturated heterocycles. The molecule has 6 rings (SSSR count). The van der Waals surface area contributed by atoms with E-state index in [0.29, 0.717) is 42.4 Å². The maximum Gasteiger partial charge on any atom is 0.330 e. The van der Waals surface area contributed by atoms with Crippen molar-refractivity contribution in [2.24, 2.45) is 10.2 Å². The Bertz CT molecular complexity index is 2170. The van der Waals surface area contributed by atoms with E-state index in [1.807, 2.05) is 13.8 Å². The summed E-state index contributed by atoms with van der Waals surface area (Å²) < 4.78 is 20.6. The number of aromatic amines is 3. The van der Waals surface area contributed by atoms with Gasteiger partial charge in [0.05, 0.1) is 43.1 Å². The molecule has 9 atom stereocenters. The van der Waals surface area contributed by atoms with Crippen molar-refractivity contribution < 1.29 is 24.4 Å². The molecule has 0 radical (unpaired) electrons. The molecule has 0 saturated carbocycles. The summed E-state index contributed by atoms with van der Waals surface area (Å²) in [5, 5.41) is 26.1. The second kappa shape index (κ2) is 18.7. The SMILES string of the molecule is CCC1OC(n2cc(C)c(=O)[nH]c2=O)CC1N=[N+]=[N-].CC[C@@H]1O[C@H](n2cc(C)c(=O)[nH]c2=O)CC1O.Cc1cn(C2CC(N=[N+]=[N-])C(CO)O2)c(=O)[nH]c1=O. The Labute approximate surface area is 310 Å². The molecule has 0 aromatic carbocycles. The highest BCUT2D eigenvalue weighted by Crippen LogP contribution is 2.32. The van der Waals surface area contributed by atoms with Gasteiger partial charge in [-0.1, -0.05) is 24.1 Å². The number of nitrogens with zero attached hydrogens (tertiary/aromatic N) is 9. The Hall–Kier alpha value is -5.54. The Kier molecular flexibility index (Phi) is 14.3. The summed E-state index contributed by atoms with van der Waals surface area (Å²) in [7, 11) is 0. The van der Waals surface area contributed by atoms with Crippen LogP contribution in [0.3, 0.4) is 0 Å². The first-order chi connectivity index (χ1) is 26.1. The molecule has 5 N–H and O–H groups in total. The number of H-pyrrole nitrogens is 3. The number of aliphatic hydroxyl groups excluding tert-OH is 2. The van der Waals surface area contributed by atoms with Crippen LogP contribution in [-0.2, 0) is 14.2 Å². The first-order valence-electron chi connectivity index (χ1n) is 17.5. The van der Waals surface area contributed by atoms with E-state index in [1.54, 1.807) is 20.8 Å². The summed E-state index contributed by atoms with van der Waals surface area (Å²) in [6.45, 7) is 8.34. The van der Waals surface area contributed by atoms with Crippen molar-refractivity contribution in [1.82, 2.24) is 28.7 Å². The minimum atomic E-state index is -0.671. The number of aliphatic hydroxyl groups is 2. The van der Waals surface area contributed by atoms with Crippen molar-refractivity contribution in [3.63, 3.8) is 0 Å². The number of hydrogen-bond acceptors (Lipinski definition) is 13. The lowest BCUT2D eigenvalue weighted by Gasteiger charge is -2.15. The maximum absolute atomic E-state index is 11.8. The highest BCUT2D eigenvalue weighted by molar-refractivity contribution is 5.04. The molecule has 3 aliphatic rings. The fourth-order valence-electron chi connectivity index (χ4n) is 6.33. The number of ether oxygens (including phenoxy) is 3. The molecule has 298 valence electrons. The van der Waals surface area contributed by atoms with Gasteiger partial charge < -0.3 is 24.4 Å². The van der Waals surface area contributed by atoms with Crippen LogP contribution < -0.4 is 33.7 Å². The lowest BCUT2D eigenvalue weighted by atomic mass is 10.1. The highest BCUT2D eigenvalue weighted by atomic mass is 16.5. The van der Waals surface area contributed by atoms with Crippen LogP contribution in [0.15, 0.2) is 57.6 Å². The standard InChI is InChI=1S/C11H15N5O3.C11H16N2O4.C10H13N5O4/c1-3-8-7(14-15-12)4-9(19-8)16-5-6(2)10(17)13-11(16)18;1-3-8-7(14)4-9(17-8)13-5-6(2)10(15)12-11(13)16;1-5-3-15(10(18)12-9(5)17)8-2-6(13-14-11)7(4-16)19-8/h5,7-9H,3-4H2,1-2H3,(H,13,17,18);5,7-9,14H,3-4H2,1-2H3,(H,12,15,16);3,6-8,16H,2,4H2,1H3,(H,12,17,18)/t;7?,8-,9-;/m.0./s1. The molecule has 3 fully saturated rings. The summed E-state index contributed by atoms with van der Waals surface area (Å²) in [6.07, 6.45) is 3.40. The van der Waals surface area contributed by atoms with Crippen molar-refractivity contribution in [3.05, 3.63) is 119 Å². The maximum atomic E-state index is 11.8. The molecule has 0 bridgehead atoms. The molecule has 3 aromatic heterocycles. The van der Waals surface area contributed by atoms with Crippen molar-refractivity contribution >= 4 is 0 Å². The van der Waals surface area contributed by atoms with Gasteiger partial charge in [-0.25, -0.2) is 14.4 Å². The predicted molar refractivity (Wildman–Crippen MR) is 193 cm³/mol. The third kappa shape index (κ3) is 9.96. The molecular weight excluding hydrogens is 728 g/mol. The largest absolute Gasteiger partial charge is 0.394 e. The quantitative estimate of drug-likeness (QED) is 0.122. The molecule has 55 heavy (non-hydrogen) atoms. The van der Waals surface area contributed by atoms with E-state index < -0.39 is 70.7 Å². The first-order valence-corrected chi connectivity index (χ1v) is 17.5. The van der Waals surface area contributed by atoms with Crippen LogP contribution in [0.1, 0.15) is 81.3 Å². The van der Waals surface area contributed by atoms with E-state index in [-0.39, 0.29) is 31.3 Å². The fraction of sp³-hybridized carbons (Fsp3) is 0.625. The molecule has 0 amide bonds. The minimum Gasteiger partial charge on any atom is -0.394 e. The number of hydrogen-bond donors (Lipinski definition) is 5. The van der Waals surface area contributed by atoms with E-state index >= 15 is 0 Å². The monoisotopic (exact) mass is 772 g/mol. The van der Waals surface area contributed by atoms with Crippen LogP contribution in [-0.4, -0.2) is 82.0 Å². The van der Waals surface area contributed by atoms with Crippen LogP contribution in [0.2, 0.25) is 0 Å². The second-order valence-corrected chi connectivity index (χ2v) is 13.1. The molecule has 3 aromatic rings. The molecule has 23 nitrogen and oxygen atoms in total. The Morgan fingerprint density at radius 3 is 1.35 bits per heavy atom. The minimum absolute atomic E-state index is 0.208. The van der Waals surface area contributed by atoms with Crippen molar-refractivity contribution in [2.75, 3.05) is 6.61 Å². The zero-order valence-electron chi connectivity index (χ0n) is 30.8. The van der Waals surface area contributed by atoms with Crippen LogP contribution in [0.5, 0.6) is 0 Å². The lowest BCUT2D eigenvalue weighted by molar-refractivity contribution is -0.0271. The van der Waals surface area contributed by atoms with Gasteiger partial charge in [-0.05, 0) is 44.7 Å². The number of aromatic nitrogens is 6. The molecule has 0 aliphatic carbocycles. The van der Waals surface area contributed by atoms with Gasteiger partial charge in [-0.15, -0.1) is 0 Å². The Balaban J connectivity index is 0.000000184.